The molecule has 1 atom stereocenters. The second-order valence-corrected chi connectivity index (χ2v) is 4.73. The molecule has 0 fully saturated rings. The molecule has 0 bridgehead atoms. The summed E-state index contributed by atoms with van der Waals surface area (Å²) in [7, 11) is 1.35. The van der Waals surface area contributed by atoms with E-state index in [4.69, 9.17) is 4.18 Å². The lowest BCUT2D eigenvalue weighted by molar-refractivity contribution is 0.337. The van der Waals surface area contributed by atoms with E-state index < -0.39 is 0 Å². The van der Waals surface area contributed by atoms with Gasteiger partial charge in [0.25, 0.3) is 0 Å². The summed E-state index contributed by atoms with van der Waals surface area (Å²) in [5.74, 6) is 0. The highest BCUT2D eigenvalue weighted by Crippen LogP contribution is 2.28. The van der Waals surface area contributed by atoms with Crippen LogP contribution in [0.15, 0.2) is 60.8 Å². The summed E-state index contributed by atoms with van der Waals surface area (Å²) in [5.41, 5.74) is 2.24. The average Bonchev–Trinajstić information content (AvgIpc) is 2.35. The highest BCUT2D eigenvalue weighted by atomic mass is 127. The van der Waals surface area contributed by atoms with Crippen molar-refractivity contribution in [3.05, 3.63) is 60.8 Å². The Hall–Kier alpha value is -0.260. The van der Waals surface area contributed by atoms with E-state index in [2.05, 4.69) is 52.6 Å². The summed E-state index contributed by atoms with van der Waals surface area (Å²) in [4.78, 5) is 0. The minimum Gasteiger partial charge on any atom is -0.292 e. The Morgan fingerprint density at radius 2 is 2.31 bits per heavy atom. The molecule has 0 aliphatic heterocycles. The lowest BCUT2D eigenvalue weighted by atomic mass is 9.96. The molecular formula is C13H15IOS. The number of rotatable bonds is 6. The zero-order chi connectivity index (χ0) is 11.8. The van der Waals surface area contributed by atoms with Crippen LogP contribution in [0.1, 0.15) is 12.8 Å². The van der Waals surface area contributed by atoms with Gasteiger partial charge < -0.3 is 0 Å². The van der Waals surface area contributed by atoms with Crippen molar-refractivity contribution in [2.75, 3.05) is 0 Å². The van der Waals surface area contributed by atoms with E-state index in [-0.39, 0.29) is 6.10 Å². The van der Waals surface area contributed by atoms with Gasteiger partial charge in [-0.25, -0.2) is 0 Å². The van der Waals surface area contributed by atoms with Crippen LogP contribution in [0.4, 0.5) is 0 Å². The predicted octanol–water partition coefficient (Wildman–Crippen LogP) is 4.94. The Morgan fingerprint density at radius 3 is 2.81 bits per heavy atom. The molecule has 0 heterocycles. The second kappa shape index (κ2) is 7.92. The van der Waals surface area contributed by atoms with Crippen LogP contribution >= 0.6 is 30.4 Å². The Bertz CT molecular complexity index is 342. The van der Waals surface area contributed by atoms with Crippen LogP contribution in [-0.4, -0.2) is 6.10 Å². The molecule has 86 valence electrons. The molecular weight excluding hydrogens is 331 g/mol. The molecule has 0 aromatic rings. The van der Waals surface area contributed by atoms with Crippen LogP contribution < -0.4 is 0 Å². The maximum Gasteiger partial charge on any atom is 0.123 e. The van der Waals surface area contributed by atoms with E-state index in [1.165, 1.54) is 14.8 Å². The van der Waals surface area contributed by atoms with Crippen molar-refractivity contribution in [1.82, 2.24) is 0 Å². The van der Waals surface area contributed by atoms with Gasteiger partial charge in [0.2, 0.25) is 0 Å². The summed E-state index contributed by atoms with van der Waals surface area (Å²) in [5, 5.41) is 0. The van der Waals surface area contributed by atoms with Gasteiger partial charge in [-0.05, 0) is 24.0 Å². The molecule has 0 aromatic heterocycles. The molecule has 0 aromatic carbocycles. The van der Waals surface area contributed by atoms with E-state index >= 15 is 0 Å². The summed E-state index contributed by atoms with van der Waals surface area (Å²) in [6, 6.07) is 0. The molecule has 1 rings (SSSR count). The molecule has 1 aliphatic rings. The van der Waals surface area contributed by atoms with Gasteiger partial charge in [-0.15, -0.1) is 0 Å². The normalized spacial score (nSPS) is 17.8. The molecule has 3 heteroatoms. The average molecular weight is 346 g/mol. The van der Waals surface area contributed by atoms with Crippen molar-refractivity contribution >= 4 is 30.4 Å². The first-order chi connectivity index (χ1) is 7.83. The quantitative estimate of drug-likeness (QED) is 0.383. The largest absolute Gasteiger partial charge is 0.292 e. The number of hydrogen-bond donors (Lipinski definition) is 0. The molecule has 1 nitrogen and oxygen atoms in total. The van der Waals surface area contributed by atoms with Crippen molar-refractivity contribution < 1.29 is 4.18 Å². The molecule has 0 spiro atoms. The Kier molecular flexibility index (Phi) is 6.84. The van der Waals surface area contributed by atoms with Crippen molar-refractivity contribution in [2.24, 2.45) is 0 Å². The fourth-order valence-corrected chi connectivity index (χ4v) is 2.48. The molecule has 0 amide bonds. The third-order valence-electron chi connectivity index (χ3n) is 2.31. The lowest BCUT2D eigenvalue weighted by Gasteiger charge is -2.19. The van der Waals surface area contributed by atoms with Gasteiger partial charge in [-0.1, -0.05) is 49.6 Å². The molecule has 0 radical (unpaired) electrons. The maximum absolute atomic E-state index is 5.68. The van der Waals surface area contributed by atoms with Gasteiger partial charge in [-0.3, -0.25) is 4.18 Å². The van der Waals surface area contributed by atoms with E-state index in [9.17, 15) is 0 Å². The van der Waals surface area contributed by atoms with E-state index in [0.717, 1.165) is 18.4 Å². The van der Waals surface area contributed by atoms with Crippen LogP contribution in [0, 0.1) is 0 Å². The van der Waals surface area contributed by atoms with Gasteiger partial charge in [0.1, 0.15) is 6.10 Å². The Morgan fingerprint density at radius 1 is 1.50 bits per heavy atom. The summed E-state index contributed by atoms with van der Waals surface area (Å²) >= 11 is 2.13. The molecule has 1 unspecified atom stereocenters. The number of halogens is 1. The molecule has 0 N–H and O–H groups in total. The molecule has 1 aliphatic carbocycles. The van der Waals surface area contributed by atoms with Gasteiger partial charge in [-0.2, -0.15) is 0 Å². The minimum absolute atomic E-state index is 0.0473. The highest BCUT2D eigenvalue weighted by molar-refractivity contribution is 14.2. The van der Waals surface area contributed by atoms with Crippen molar-refractivity contribution in [1.29, 1.82) is 0 Å². The van der Waals surface area contributed by atoms with Crippen molar-refractivity contribution in [3.8, 4) is 0 Å². The smallest absolute Gasteiger partial charge is 0.123 e. The second-order valence-electron chi connectivity index (χ2n) is 3.33. The van der Waals surface area contributed by atoms with Crippen LogP contribution in [0.3, 0.4) is 0 Å². The van der Waals surface area contributed by atoms with Gasteiger partial charge in [0, 0.05) is 21.2 Å². The van der Waals surface area contributed by atoms with Crippen molar-refractivity contribution in [2.45, 2.75) is 18.9 Å². The third kappa shape index (κ3) is 3.96. The molecule has 16 heavy (non-hydrogen) atoms. The summed E-state index contributed by atoms with van der Waals surface area (Å²) in [6.45, 7) is 7.53. The van der Waals surface area contributed by atoms with Gasteiger partial charge in [0.15, 0.2) is 0 Å². The topological polar surface area (TPSA) is 9.23 Å². The van der Waals surface area contributed by atoms with Crippen LogP contribution in [0.5, 0.6) is 0 Å². The van der Waals surface area contributed by atoms with E-state index in [1.54, 1.807) is 6.08 Å². The first-order valence-corrected chi connectivity index (χ1v) is 8.37. The Labute approximate surface area is 114 Å². The predicted molar refractivity (Wildman–Crippen MR) is 81.4 cm³/mol. The number of allylic oxidation sites excluding steroid dienone is 4. The summed E-state index contributed by atoms with van der Waals surface area (Å²) < 4.78 is 5.68. The van der Waals surface area contributed by atoms with Crippen molar-refractivity contribution in [3.63, 3.8) is 0 Å². The fraction of sp³-hybridized carbons (Fsp3) is 0.231. The fourth-order valence-electron chi connectivity index (χ4n) is 1.57. The molecule has 0 saturated heterocycles. The minimum atomic E-state index is -0.0473. The molecule has 0 saturated carbocycles. The zero-order valence-corrected chi connectivity index (χ0v) is 12.0. The van der Waals surface area contributed by atoms with Crippen LogP contribution in [-0.2, 0) is 4.18 Å². The number of hydrogen-bond acceptors (Lipinski definition) is 2. The zero-order valence-electron chi connectivity index (χ0n) is 9.06. The monoisotopic (exact) mass is 346 g/mol. The first kappa shape index (κ1) is 13.8. The van der Waals surface area contributed by atoms with E-state index in [1.807, 2.05) is 12.2 Å². The standard InChI is InChI=1S/C13H15IOS/c1-3-8-11(4-2)13(15-16-14)12-9-6-5-7-10-12/h3-4,6,8-10,13H,1-2,5,7H2/b11-8+. The van der Waals surface area contributed by atoms with E-state index in [0.29, 0.717) is 0 Å². The van der Waals surface area contributed by atoms with Crippen LogP contribution in [0.25, 0.3) is 0 Å². The van der Waals surface area contributed by atoms with Gasteiger partial charge >= 0.3 is 0 Å². The van der Waals surface area contributed by atoms with Crippen LogP contribution in [0.2, 0.25) is 0 Å². The first-order valence-electron chi connectivity index (χ1n) is 5.09. The maximum atomic E-state index is 5.68. The summed E-state index contributed by atoms with van der Waals surface area (Å²) in [6.07, 6.45) is 14.2. The van der Waals surface area contributed by atoms with Gasteiger partial charge in [0.05, 0.1) is 9.21 Å². The Balaban J connectivity index is 2.92. The highest BCUT2D eigenvalue weighted by Gasteiger charge is 2.17. The lowest BCUT2D eigenvalue weighted by Crippen LogP contribution is -2.14. The third-order valence-corrected chi connectivity index (χ3v) is 3.20. The SMILES string of the molecule is C=C/C=C(\C=C)C(OSI)C1=CCCC=C1.